The normalized spacial score (nSPS) is 17.3. The van der Waals surface area contributed by atoms with E-state index in [0.717, 1.165) is 17.9 Å². The van der Waals surface area contributed by atoms with Gasteiger partial charge in [-0.3, -0.25) is 4.79 Å². The maximum absolute atomic E-state index is 11.3. The molecule has 84 valence electrons. The fraction of sp³-hybridized carbons (Fsp3) is 0.636. The molecule has 1 rings (SSSR count). The molecular formula is C11H16O2S2. The van der Waals surface area contributed by atoms with Crippen LogP contribution < -0.4 is 0 Å². The Morgan fingerprint density at radius 3 is 2.73 bits per heavy atom. The molecule has 0 aromatic heterocycles. The molecule has 2 nitrogen and oxygen atoms in total. The van der Waals surface area contributed by atoms with E-state index in [1.807, 2.05) is 11.8 Å². The first-order valence-corrected chi connectivity index (χ1v) is 7.02. The smallest absolute Gasteiger partial charge is 0.134 e. The molecule has 0 saturated heterocycles. The van der Waals surface area contributed by atoms with Crippen molar-refractivity contribution in [1.29, 1.82) is 0 Å². The number of hydrogen-bond acceptors (Lipinski definition) is 4. The predicted octanol–water partition coefficient (Wildman–Crippen LogP) is 2.88. The largest absolute Gasteiger partial charge is 0.300 e. The van der Waals surface area contributed by atoms with Gasteiger partial charge in [-0.1, -0.05) is 6.08 Å². The van der Waals surface area contributed by atoms with Crippen molar-refractivity contribution in [3.05, 3.63) is 10.3 Å². The molecule has 1 heterocycles. The summed E-state index contributed by atoms with van der Waals surface area (Å²) in [5, 5.41) is 0. The van der Waals surface area contributed by atoms with Gasteiger partial charge in [0.2, 0.25) is 0 Å². The molecule has 15 heavy (non-hydrogen) atoms. The second kappa shape index (κ2) is 6.38. The standard InChI is InChI=1S/C11H16O2S2/c1-8(12)6-10(9(2)13)7-15-11-4-3-5-14-11/h4,10H,3,5-7H2,1-2H3/t10-/m1/s1. The summed E-state index contributed by atoms with van der Waals surface area (Å²) in [7, 11) is 0. The van der Waals surface area contributed by atoms with Gasteiger partial charge in [0.25, 0.3) is 0 Å². The number of carbonyl (C=O) groups is 2. The Balaban J connectivity index is 2.37. The van der Waals surface area contributed by atoms with Crippen molar-refractivity contribution in [2.45, 2.75) is 26.7 Å². The maximum atomic E-state index is 11.3. The van der Waals surface area contributed by atoms with E-state index in [0.29, 0.717) is 6.42 Å². The van der Waals surface area contributed by atoms with Crippen LogP contribution in [0.3, 0.4) is 0 Å². The van der Waals surface area contributed by atoms with E-state index in [1.165, 1.54) is 4.24 Å². The lowest BCUT2D eigenvalue weighted by Gasteiger charge is -2.11. The van der Waals surface area contributed by atoms with Gasteiger partial charge in [0.1, 0.15) is 11.6 Å². The second-order valence-electron chi connectivity index (χ2n) is 3.69. The summed E-state index contributed by atoms with van der Waals surface area (Å²) < 4.78 is 1.31. The molecule has 0 N–H and O–H groups in total. The predicted molar refractivity (Wildman–Crippen MR) is 67.1 cm³/mol. The third-order valence-corrected chi connectivity index (χ3v) is 4.83. The summed E-state index contributed by atoms with van der Waals surface area (Å²) in [5.74, 6) is 2.02. The zero-order valence-corrected chi connectivity index (χ0v) is 10.7. The van der Waals surface area contributed by atoms with Crippen LogP contribution in [-0.4, -0.2) is 23.1 Å². The van der Waals surface area contributed by atoms with E-state index < -0.39 is 0 Å². The minimum absolute atomic E-state index is 0.101. The van der Waals surface area contributed by atoms with Crippen molar-refractivity contribution in [3.8, 4) is 0 Å². The van der Waals surface area contributed by atoms with E-state index in [-0.39, 0.29) is 17.5 Å². The van der Waals surface area contributed by atoms with Crippen LogP contribution in [0.15, 0.2) is 10.3 Å². The zero-order chi connectivity index (χ0) is 11.3. The first-order valence-electron chi connectivity index (χ1n) is 5.05. The van der Waals surface area contributed by atoms with Gasteiger partial charge in [-0.2, -0.15) is 0 Å². The van der Waals surface area contributed by atoms with Crippen molar-refractivity contribution in [3.63, 3.8) is 0 Å². The van der Waals surface area contributed by atoms with Gasteiger partial charge in [0, 0.05) is 28.1 Å². The molecule has 0 amide bonds. The molecule has 1 aliphatic rings. The summed E-state index contributed by atoms with van der Waals surface area (Å²) in [5.41, 5.74) is 0. The first kappa shape index (κ1) is 12.8. The fourth-order valence-corrected chi connectivity index (χ4v) is 3.76. The van der Waals surface area contributed by atoms with Crippen molar-refractivity contribution in [1.82, 2.24) is 0 Å². The van der Waals surface area contributed by atoms with Gasteiger partial charge in [-0.05, 0) is 20.3 Å². The number of carbonyl (C=O) groups excluding carboxylic acids is 2. The van der Waals surface area contributed by atoms with Gasteiger partial charge in [-0.25, -0.2) is 0 Å². The van der Waals surface area contributed by atoms with Crippen molar-refractivity contribution in [2.75, 3.05) is 11.5 Å². The van der Waals surface area contributed by atoms with Gasteiger partial charge >= 0.3 is 0 Å². The lowest BCUT2D eigenvalue weighted by atomic mass is 10.0. The fourth-order valence-electron chi connectivity index (χ4n) is 1.35. The van der Waals surface area contributed by atoms with Crippen LogP contribution >= 0.6 is 23.5 Å². The lowest BCUT2D eigenvalue weighted by Crippen LogP contribution is -2.16. The summed E-state index contributed by atoms with van der Waals surface area (Å²) in [6.07, 6.45) is 3.73. The molecule has 1 aliphatic heterocycles. The van der Waals surface area contributed by atoms with E-state index in [2.05, 4.69) is 6.08 Å². The maximum Gasteiger partial charge on any atom is 0.134 e. The van der Waals surface area contributed by atoms with Gasteiger partial charge in [0.05, 0.1) is 0 Å². The van der Waals surface area contributed by atoms with Crippen molar-refractivity contribution >= 4 is 35.1 Å². The third-order valence-electron chi connectivity index (χ3n) is 2.21. The van der Waals surface area contributed by atoms with Crippen LogP contribution in [0.1, 0.15) is 26.7 Å². The molecule has 1 atom stereocenters. The summed E-state index contributed by atoms with van der Waals surface area (Å²) in [6, 6.07) is 0. The minimum atomic E-state index is -0.102. The molecule has 0 fully saturated rings. The average Bonchev–Trinajstić information content (AvgIpc) is 2.63. The highest BCUT2D eigenvalue weighted by atomic mass is 32.2. The summed E-state index contributed by atoms with van der Waals surface area (Å²) in [6.45, 7) is 3.12. The number of hydrogen-bond donors (Lipinski definition) is 0. The topological polar surface area (TPSA) is 34.1 Å². The highest BCUT2D eigenvalue weighted by Gasteiger charge is 2.18. The first-order chi connectivity index (χ1) is 7.09. The third kappa shape index (κ3) is 4.89. The van der Waals surface area contributed by atoms with E-state index in [4.69, 9.17) is 0 Å². The SMILES string of the molecule is CC(=O)C[C@H](CSC1=CCCS1)C(C)=O. The van der Waals surface area contributed by atoms with E-state index in [1.54, 1.807) is 25.6 Å². The molecule has 0 spiro atoms. The highest BCUT2D eigenvalue weighted by molar-refractivity contribution is 8.22. The molecule has 0 aliphatic carbocycles. The van der Waals surface area contributed by atoms with Crippen LogP contribution in [0.5, 0.6) is 0 Å². The summed E-state index contributed by atoms with van der Waals surface area (Å²) >= 11 is 3.56. The van der Waals surface area contributed by atoms with E-state index >= 15 is 0 Å². The molecule has 0 aromatic carbocycles. The number of ketones is 2. The highest BCUT2D eigenvalue weighted by Crippen LogP contribution is 2.35. The van der Waals surface area contributed by atoms with Crippen LogP contribution in [0.4, 0.5) is 0 Å². The Morgan fingerprint density at radius 2 is 2.27 bits per heavy atom. The number of rotatable bonds is 6. The monoisotopic (exact) mass is 244 g/mol. The number of allylic oxidation sites excluding steroid dienone is 1. The Morgan fingerprint density at radius 1 is 1.53 bits per heavy atom. The molecule has 4 heteroatoms. The van der Waals surface area contributed by atoms with Crippen LogP contribution in [0.25, 0.3) is 0 Å². The summed E-state index contributed by atoms with van der Waals surface area (Å²) in [4.78, 5) is 22.3. The number of thioether (sulfide) groups is 2. The molecular weight excluding hydrogens is 228 g/mol. The molecule has 0 saturated carbocycles. The molecule has 0 unspecified atom stereocenters. The quantitative estimate of drug-likeness (QED) is 0.719. The average molecular weight is 244 g/mol. The van der Waals surface area contributed by atoms with Crippen LogP contribution in [-0.2, 0) is 9.59 Å². The van der Waals surface area contributed by atoms with E-state index in [9.17, 15) is 9.59 Å². The molecule has 0 radical (unpaired) electrons. The van der Waals surface area contributed by atoms with Crippen molar-refractivity contribution < 1.29 is 9.59 Å². The second-order valence-corrected chi connectivity index (χ2v) is 6.14. The van der Waals surface area contributed by atoms with Crippen LogP contribution in [0, 0.1) is 5.92 Å². The van der Waals surface area contributed by atoms with Crippen LogP contribution in [0.2, 0.25) is 0 Å². The number of Topliss-reactive ketones (excluding diaryl/α,β-unsaturated/α-hetero) is 2. The van der Waals surface area contributed by atoms with Gasteiger partial charge in [0.15, 0.2) is 0 Å². The Bertz CT molecular complexity index is 284. The van der Waals surface area contributed by atoms with Crippen molar-refractivity contribution in [2.24, 2.45) is 5.92 Å². The zero-order valence-electron chi connectivity index (χ0n) is 9.12. The Hall–Kier alpha value is -0.220. The Kier molecular flexibility index (Phi) is 5.47. The Labute approximate surface area is 99.3 Å². The molecule has 0 aromatic rings. The van der Waals surface area contributed by atoms with Gasteiger partial charge < -0.3 is 4.79 Å². The molecule has 0 bridgehead atoms. The minimum Gasteiger partial charge on any atom is -0.300 e. The lowest BCUT2D eigenvalue weighted by molar-refractivity contribution is -0.125. The van der Waals surface area contributed by atoms with Gasteiger partial charge in [-0.15, -0.1) is 23.5 Å².